The Hall–Kier alpha value is -0.610. The van der Waals surface area contributed by atoms with E-state index in [2.05, 4.69) is 18.7 Å². The van der Waals surface area contributed by atoms with E-state index in [0.29, 0.717) is 0 Å². The molecule has 104 valence electrons. The van der Waals surface area contributed by atoms with Crippen molar-refractivity contribution in [2.45, 2.75) is 58.1 Å². The van der Waals surface area contributed by atoms with Crippen LogP contribution in [0.1, 0.15) is 56.2 Å². The highest BCUT2D eigenvalue weighted by atomic mass is 32.1. The van der Waals surface area contributed by atoms with Crippen molar-refractivity contribution in [3.8, 4) is 0 Å². The van der Waals surface area contributed by atoms with Crippen LogP contribution < -0.4 is 4.90 Å². The molecule has 4 rings (SSSR count). The van der Waals surface area contributed by atoms with E-state index in [1.165, 1.54) is 30.9 Å². The molecule has 1 aromatic heterocycles. The van der Waals surface area contributed by atoms with E-state index in [-0.39, 0.29) is 11.5 Å². The lowest BCUT2D eigenvalue weighted by Gasteiger charge is -2.31. The minimum atomic E-state index is -0.301. The van der Waals surface area contributed by atoms with Gasteiger partial charge in [0.05, 0.1) is 16.7 Å². The average molecular weight is 278 g/mol. The van der Waals surface area contributed by atoms with Gasteiger partial charge in [0.1, 0.15) is 0 Å². The van der Waals surface area contributed by atoms with Crippen LogP contribution in [0, 0.1) is 11.3 Å². The zero-order valence-corrected chi connectivity index (χ0v) is 12.5. The Kier molecular flexibility index (Phi) is 2.53. The molecule has 1 N–H and O–H groups in total. The fourth-order valence-corrected chi connectivity index (χ4v) is 5.31. The van der Waals surface area contributed by atoms with Crippen molar-refractivity contribution >= 4 is 16.5 Å². The normalized spacial score (nSPS) is 35.7. The van der Waals surface area contributed by atoms with Gasteiger partial charge in [-0.1, -0.05) is 25.2 Å². The second-order valence-electron chi connectivity index (χ2n) is 7.35. The monoisotopic (exact) mass is 278 g/mol. The molecule has 1 aliphatic heterocycles. The van der Waals surface area contributed by atoms with Gasteiger partial charge < -0.3 is 10.0 Å². The van der Waals surface area contributed by atoms with Crippen molar-refractivity contribution in [3.05, 3.63) is 10.6 Å². The molecule has 1 aromatic rings. The molecule has 2 heterocycles. The summed E-state index contributed by atoms with van der Waals surface area (Å²) in [5.41, 5.74) is 1.34. The molecule has 1 saturated heterocycles. The van der Waals surface area contributed by atoms with Crippen molar-refractivity contribution in [1.82, 2.24) is 4.98 Å². The summed E-state index contributed by atoms with van der Waals surface area (Å²) < 4.78 is 0. The quantitative estimate of drug-likeness (QED) is 0.857. The topological polar surface area (TPSA) is 36.4 Å². The Balaban J connectivity index is 1.66. The van der Waals surface area contributed by atoms with E-state index in [4.69, 9.17) is 4.98 Å². The maximum Gasteiger partial charge on any atom is 0.186 e. The first-order chi connectivity index (χ1) is 9.02. The van der Waals surface area contributed by atoms with Gasteiger partial charge in [0, 0.05) is 12.6 Å². The lowest BCUT2D eigenvalue weighted by Crippen LogP contribution is -2.31. The van der Waals surface area contributed by atoms with Crippen LogP contribution in [0.15, 0.2) is 0 Å². The van der Waals surface area contributed by atoms with Crippen molar-refractivity contribution in [1.29, 1.82) is 0 Å². The second-order valence-corrected chi connectivity index (χ2v) is 8.36. The number of rotatable bonds is 1. The SMILES string of the molecule is CC1(C)Cc2nc(N3CC4CCC3C4)sc2C(O)C1. The molecule has 0 spiro atoms. The molecular weight excluding hydrogens is 256 g/mol. The first kappa shape index (κ1) is 12.2. The van der Waals surface area contributed by atoms with Crippen LogP contribution in [-0.2, 0) is 6.42 Å². The summed E-state index contributed by atoms with van der Waals surface area (Å²) in [5.74, 6) is 0.896. The number of hydrogen-bond acceptors (Lipinski definition) is 4. The predicted octanol–water partition coefficient (Wildman–Crippen LogP) is 3.14. The number of thiazole rings is 1. The summed E-state index contributed by atoms with van der Waals surface area (Å²) in [6.45, 7) is 5.66. The number of piperidine rings is 1. The molecule has 3 unspecified atom stereocenters. The van der Waals surface area contributed by atoms with E-state index in [9.17, 15) is 5.11 Å². The second kappa shape index (κ2) is 3.95. The molecule has 4 heteroatoms. The van der Waals surface area contributed by atoms with Gasteiger partial charge in [0.25, 0.3) is 0 Å². The highest BCUT2D eigenvalue weighted by molar-refractivity contribution is 7.15. The maximum absolute atomic E-state index is 10.3. The molecule has 1 saturated carbocycles. The van der Waals surface area contributed by atoms with Crippen molar-refractivity contribution < 1.29 is 5.11 Å². The Labute approximate surface area is 118 Å². The minimum absolute atomic E-state index is 0.182. The lowest BCUT2D eigenvalue weighted by atomic mass is 9.77. The van der Waals surface area contributed by atoms with Gasteiger partial charge in [-0.15, -0.1) is 0 Å². The van der Waals surface area contributed by atoms with Crippen LogP contribution >= 0.6 is 11.3 Å². The molecule has 2 bridgehead atoms. The van der Waals surface area contributed by atoms with Crippen LogP contribution in [0.25, 0.3) is 0 Å². The molecule has 3 atom stereocenters. The molecule has 0 amide bonds. The third kappa shape index (κ3) is 1.91. The molecule has 2 aliphatic carbocycles. The Bertz CT molecular complexity index is 510. The van der Waals surface area contributed by atoms with Gasteiger partial charge in [-0.05, 0) is 43.4 Å². The molecular formula is C15H22N2OS. The highest BCUT2D eigenvalue weighted by Gasteiger charge is 2.41. The highest BCUT2D eigenvalue weighted by Crippen LogP contribution is 2.47. The van der Waals surface area contributed by atoms with Gasteiger partial charge in [-0.25, -0.2) is 4.98 Å². The van der Waals surface area contributed by atoms with Gasteiger partial charge in [0.15, 0.2) is 5.13 Å². The fourth-order valence-electron chi connectivity index (χ4n) is 4.16. The Morgan fingerprint density at radius 2 is 2.21 bits per heavy atom. The zero-order chi connectivity index (χ0) is 13.2. The van der Waals surface area contributed by atoms with E-state index in [0.717, 1.165) is 35.4 Å². The zero-order valence-electron chi connectivity index (χ0n) is 11.7. The van der Waals surface area contributed by atoms with Crippen molar-refractivity contribution in [2.24, 2.45) is 11.3 Å². The molecule has 0 aromatic carbocycles. The Morgan fingerprint density at radius 1 is 1.37 bits per heavy atom. The van der Waals surface area contributed by atoms with E-state index < -0.39 is 0 Å². The van der Waals surface area contributed by atoms with Crippen LogP contribution in [0.4, 0.5) is 5.13 Å². The van der Waals surface area contributed by atoms with Gasteiger partial charge >= 0.3 is 0 Å². The van der Waals surface area contributed by atoms with Gasteiger partial charge in [-0.3, -0.25) is 0 Å². The number of hydrogen-bond donors (Lipinski definition) is 1. The Morgan fingerprint density at radius 3 is 2.89 bits per heavy atom. The van der Waals surface area contributed by atoms with Crippen LogP contribution in [0.2, 0.25) is 0 Å². The molecule has 19 heavy (non-hydrogen) atoms. The summed E-state index contributed by atoms with van der Waals surface area (Å²) in [6.07, 6.45) is 5.68. The molecule has 2 fully saturated rings. The number of aromatic nitrogens is 1. The van der Waals surface area contributed by atoms with E-state index in [1.54, 1.807) is 11.3 Å². The van der Waals surface area contributed by atoms with Crippen LogP contribution in [-0.4, -0.2) is 22.7 Å². The summed E-state index contributed by atoms with van der Waals surface area (Å²) in [7, 11) is 0. The summed E-state index contributed by atoms with van der Waals surface area (Å²) in [6, 6.07) is 0.725. The van der Waals surface area contributed by atoms with Crippen LogP contribution in [0.3, 0.4) is 0 Å². The molecule has 3 aliphatic rings. The first-order valence-corrected chi connectivity index (χ1v) is 8.28. The number of aliphatic hydroxyl groups is 1. The number of aliphatic hydroxyl groups excluding tert-OH is 1. The van der Waals surface area contributed by atoms with Gasteiger partial charge in [0.2, 0.25) is 0 Å². The first-order valence-electron chi connectivity index (χ1n) is 7.46. The molecule has 3 nitrogen and oxygen atoms in total. The largest absolute Gasteiger partial charge is 0.387 e. The lowest BCUT2D eigenvalue weighted by molar-refractivity contribution is 0.102. The maximum atomic E-state index is 10.3. The van der Waals surface area contributed by atoms with Gasteiger partial charge in [-0.2, -0.15) is 0 Å². The number of fused-ring (bicyclic) bond motifs is 3. The van der Waals surface area contributed by atoms with Crippen molar-refractivity contribution in [2.75, 3.05) is 11.4 Å². The number of nitrogens with zero attached hydrogens (tertiary/aromatic N) is 2. The third-order valence-corrected chi connectivity index (χ3v) is 6.30. The summed E-state index contributed by atoms with van der Waals surface area (Å²) >= 11 is 1.75. The van der Waals surface area contributed by atoms with Crippen LogP contribution in [0.5, 0.6) is 0 Å². The standard InChI is InChI=1S/C15H22N2OS/c1-15(2)6-11-13(12(18)7-15)19-14(16-11)17-8-9-3-4-10(17)5-9/h9-10,12,18H,3-8H2,1-2H3. The minimum Gasteiger partial charge on any atom is -0.387 e. The smallest absolute Gasteiger partial charge is 0.186 e. The average Bonchev–Trinajstić information content (AvgIpc) is 2.98. The fraction of sp³-hybridized carbons (Fsp3) is 0.800. The predicted molar refractivity (Wildman–Crippen MR) is 77.7 cm³/mol. The summed E-state index contributed by atoms with van der Waals surface area (Å²) in [4.78, 5) is 8.53. The summed E-state index contributed by atoms with van der Waals surface area (Å²) in [5, 5.41) is 11.5. The number of anilines is 1. The third-order valence-electron chi connectivity index (χ3n) is 5.07. The van der Waals surface area contributed by atoms with E-state index in [1.807, 2.05) is 0 Å². The van der Waals surface area contributed by atoms with Crippen molar-refractivity contribution in [3.63, 3.8) is 0 Å². The van der Waals surface area contributed by atoms with E-state index >= 15 is 0 Å². The molecule has 0 radical (unpaired) electrons.